The largest absolute Gasteiger partial charge is 0.311 e. The second kappa shape index (κ2) is 5.48. The van der Waals surface area contributed by atoms with Crippen LogP contribution < -0.4 is 5.32 Å². The normalized spacial score (nSPS) is 10.9. The van der Waals surface area contributed by atoms with Gasteiger partial charge in [0, 0.05) is 6.54 Å². The van der Waals surface area contributed by atoms with Crippen LogP contribution >= 0.6 is 0 Å². The number of rotatable bonds is 6. The summed E-state index contributed by atoms with van der Waals surface area (Å²) in [6, 6.07) is 0. The minimum absolute atomic E-state index is 0.495. The highest BCUT2D eigenvalue weighted by Gasteiger charge is 2.04. The minimum atomic E-state index is 0.495. The zero-order chi connectivity index (χ0) is 12.1. The molecule has 2 aromatic rings. The first-order valence-electron chi connectivity index (χ1n) is 5.60. The molecule has 0 spiro atoms. The SMILES string of the molecule is CCCNCc1cn(Cc2nnn(C)n2)nn1. The molecule has 0 bridgehead atoms. The first-order valence-corrected chi connectivity index (χ1v) is 5.60. The second-order valence-corrected chi connectivity index (χ2v) is 3.78. The van der Waals surface area contributed by atoms with Crippen molar-refractivity contribution in [3.8, 4) is 0 Å². The summed E-state index contributed by atoms with van der Waals surface area (Å²) in [4.78, 5) is 1.43. The molecule has 2 rings (SSSR count). The van der Waals surface area contributed by atoms with E-state index in [1.165, 1.54) is 4.80 Å². The molecular weight excluding hydrogens is 220 g/mol. The second-order valence-electron chi connectivity index (χ2n) is 3.78. The Kier molecular flexibility index (Phi) is 3.76. The molecule has 0 radical (unpaired) electrons. The van der Waals surface area contributed by atoms with Gasteiger partial charge in [0.15, 0.2) is 5.82 Å². The Morgan fingerprint density at radius 2 is 2.18 bits per heavy atom. The summed E-state index contributed by atoms with van der Waals surface area (Å²) in [6.45, 7) is 4.35. The third-order valence-corrected chi connectivity index (χ3v) is 2.17. The van der Waals surface area contributed by atoms with Crippen molar-refractivity contribution in [2.45, 2.75) is 26.4 Å². The van der Waals surface area contributed by atoms with E-state index in [1.807, 2.05) is 6.20 Å². The van der Waals surface area contributed by atoms with Crippen LogP contribution in [0.3, 0.4) is 0 Å². The van der Waals surface area contributed by atoms with E-state index < -0.39 is 0 Å². The van der Waals surface area contributed by atoms with Crippen molar-refractivity contribution < 1.29 is 0 Å². The molecule has 0 amide bonds. The lowest BCUT2D eigenvalue weighted by molar-refractivity contribution is 0.607. The van der Waals surface area contributed by atoms with Gasteiger partial charge in [-0.05, 0) is 18.2 Å². The van der Waals surface area contributed by atoms with Crippen molar-refractivity contribution >= 4 is 0 Å². The monoisotopic (exact) mass is 236 g/mol. The van der Waals surface area contributed by atoms with Crippen LogP contribution in [0.5, 0.6) is 0 Å². The van der Waals surface area contributed by atoms with Crippen LogP contribution in [-0.2, 0) is 20.1 Å². The van der Waals surface area contributed by atoms with E-state index in [2.05, 4.69) is 38.0 Å². The van der Waals surface area contributed by atoms with Gasteiger partial charge in [0.1, 0.15) is 6.54 Å². The van der Waals surface area contributed by atoms with Gasteiger partial charge < -0.3 is 5.32 Å². The fourth-order valence-corrected chi connectivity index (χ4v) is 1.42. The van der Waals surface area contributed by atoms with Crippen molar-refractivity contribution in [2.75, 3.05) is 6.54 Å². The topological polar surface area (TPSA) is 86.3 Å². The van der Waals surface area contributed by atoms with E-state index in [0.717, 1.165) is 25.2 Å². The predicted molar refractivity (Wildman–Crippen MR) is 59.9 cm³/mol. The van der Waals surface area contributed by atoms with Gasteiger partial charge in [0.2, 0.25) is 0 Å². The molecular formula is C9H16N8. The van der Waals surface area contributed by atoms with Crippen LogP contribution in [-0.4, -0.2) is 41.7 Å². The first kappa shape index (κ1) is 11.6. The van der Waals surface area contributed by atoms with Gasteiger partial charge in [-0.15, -0.1) is 15.3 Å². The molecule has 0 saturated heterocycles. The van der Waals surface area contributed by atoms with Gasteiger partial charge in [-0.3, -0.25) is 0 Å². The fraction of sp³-hybridized carbons (Fsp3) is 0.667. The Labute approximate surface area is 99.0 Å². The Bertz CT molecular complexity index is 459. The Balaban J connectivity index is 1.89. The van der Waals surface area contributed by atoms with Crippen molar-refractivity contribution in [1.82, 2.24) is 40.5 Å². The molecule has 0 unspecified atom stereocenters. The summed E-state index contributed by atoms with van der Waals surface area (Å²) in [5.41, 5.74) is 0.919. The van der Waals surface area contributed by atoms with Crippen LogP contribution in [0.2, 0.25) is 0 Å². The van der Waals surface area contributed by atoms with Gasteiger partial charge >= 0.3 is 0 Å². The van der Waals surface area contributed by atoms with Crippen LogP contribution in [0, 0.1) is 0 Å². The number of aryl methyl sites for hydroxylation is 1. The summed E-state index contributed by atoms with van der Waals surface area (Å²) in [5.74, 6) is 0.630. The van der Waals surface area contributed by atoms with Crippen LogP contribution in [0.1, 0.15) is 24.9 Å². The highest BCUT2D eigenvalue weighted by atomic mass is 15.6. The summed E-state index contributed by atoms with van der Waals surface area (Å²) in [5, 5.41) is 23.1. The maximum atomic E-state index is 4.08. The third-order valence-electron chi connectivity index (χ3n) is 2.17. The average Bonchev–Trinajstić information content (AvgIpc) is 2.90. The Hall–Kier alpha value is -1.83. The van der Waals surface area contributed by atoms with Gasteiger partial charge in [0.25, 0.3) is 0 Å². The number of nitrogens with one attached hydrogen (secondary N) is 1. The van der Waals surface area contributed by atoms with Gasteiger partial charge in [0.05, 0.1) is 18.9 Å². The molecule has 8 heteroatoms. The van der Waals surface area contributed by atoms with E-state index in [4.69, 9.17) is 0 Å². The molecule has 0 fully saturated rings. The number of tetrazole rings is 1. The molecule has 2 heterocycles. The molecule has 0 aliphatic rings. The van der Waals surface area contributed by atoms with Crippen molar-refractivity contribution in [3.05, 3.63) is 17.7 Å². The molecule has 0 aromatic carbocycles. The van der Waals surface area contributed by atoms with Crippen molar-refractivity contribution in [1.29, 1.82) is 0 Å². The summed E-state index contributed by atoms with van der Waals surface area (Å²) >= 11 is 0. The van der Waals surface area contributed by atoms with Gasteiger partial charge in [-0.2, -0.15) is 4.80 Å². The standard InChI is InChI=1S/C9H16N8/c1-3-4-10-5-8-6-17(15-11-8)7-9-12-14-16(2)13-9/h6,10H,3-5,7H2,1-2H3. The lowest BCUT2D eigenvalue weighted by Gasteiger charge is -1.97. The number of nitrogens with zero attached hydrogens (tertiary/aromatic N) is 7. The van der Waals surface area contributed by atoms with Gasteiger partial charge in [-0.1, -0.05) is 12.1 Å². The highest BCUT2D eigenvalue weighted by Crippen LogP contribution is 1.95. The molecule has 92 valence electrons. The van der Waals surface area contributed by atoms with Gasteiger partial charge in [-0.25, -0.2) is 4.68 Å². The van der Waals surface area contributed by atoms with Crippen LogP contribution in [0.15, 0.2) is 6.20 Å². The van der Waals surface area contributed by atoms with E-state index in [0.29, 0.717) is 12.4 Å². The van der Waals surface area contributed by atoms with Crippen LogP contribution in [0.4, 0.5) is 0 Å². The molecule has 17 heavy (non-hydrogen) atoms. The van der Waals surface area contributed by atoms with E-state index in [1.54, 1.807) is 11.7 Å². The Morgan fingerprint density at radius 1 is 1.29 bits per heavy atom. The fourth-order valence-electron chi connectivity index (χ4n) is 1.42. The number of hydrogen-bond donors (Lipinski definition) is 1. The zero-order valence-corrected chi connectivity index (χ0v) is 10.0. The molecule has 2 aromatic heterocycles. The smallest absolute Gasteiger partial charge is 0.196 e. The van der Waals surface area contributed by atoms with E-state index >= 15 is 0 Å². The van der Waals surface area contributed by atoms with Crippen LogP contribution in [0.25, 0.3) is 0 Å². The first-order chi connectivity index (χ1) is 8.28. The van der Waals surface area contributed by atoms with E-state index in [-0.39, 0.29) is 0 Å². The summed E-state index contributed by atoms with van der Waals surface area (Å²) in [7, 11) is 1.73. The lowest BCUT2D eigenvalue weighted by Crippen LogP contribution is -2.13. The molecule has 8 nitrogen and oxygen atoms in total. The molecule has 0 aliphatic carbocycles. The minimum Gasteiger partial charge on any atom is -0.311 e. The predicted octanol–water partition coefficient (Wildman–Crippen LogP) is -0.650. The zero-order valence-electron chi connectivity index (χ0n) is 10.0. The number of hydrogen-bond acceptors (Lipinski definition) is 6. The Morgan fingerprint density at radius 3 is 2.88 bits per heavy atom. The maximum Gasteiger partial charge on any atom is 0.196 e. The summed E-state index contributed by atoms with van der Waals surface area (Å²) in [6.07, 6.45) is 3.00. The quantitative estimate of drug-likeness (QED) is 0.671. The van der Waals surface area contributed by atoms with E-state index in [9.17, 15) is 0 Å². The number of aromatic nitrogens is 7. The molecule has 0 aliphatic heterocycles. The molecule has 0 atom stereocenters. The van der Waals surface area contributed by atoms with Crippen molar-refractivity contribution in [3.63, 3.8) is 0 Å². The maximum absolute atomic E-state index is 4.08. The third kappa shape index (κ3) is 3.31. The lowest BCUT2D eigenvalue weighted by atomic mass is 10.4. The highest BCUT2D eigenvalue weighted by molar-refractivity contribution is 4.93. The summed E-state index contributed by atoms with van der Waals surface area (Å²) < 4.78 is 1.71. The molecule has 1 N–H and O–H groups in total. The van der Waals surface area contributed by atoms with Crippen molar-refractivity contribution in [2.24, 2.45) is 7.05 Å². The molecule has 0 saturated carbocycles. The average molecular weight is 236 g/mol.